The number of hydrogen-bond acceptors (Lipinski definition) is 2. The molecule has 4 heteroatoms. The second kappa shape index (κ2) is 6.41. The number of rotatable bonds is 3. The number of aromatic nitrogens is 3. The molecule has 0 fully saturated rings. The Labute approximate surface area is 157 Å². The summed E-state index contributed by atoms with van der Waals surface area (Å²) < 4.78 is 4.65. The van der Waals surface area contributed by atoms with E-state index in [0.29, 0.717) is 0 Å². The minimum absolute atomic E-state index is 0.118. The number of benzene rings is 3. The van der Waals surface area contributed by atoms with Crippen molar-refractivity contribution < 1.29 is 0 Å². The summed E-state index contributed by atoms with van der Waals surface area (Å²) in [5.74, 6) is 0.909. The summed E-state index contributed by atoms with van der Waals surface area (Å²) in [4.78, 5) is 0. The fourth-order valence-electron chi connectivity index (χ4n) is 3.19. The molecule has 0 N–H and O–H groups in total. The van der Waals surface area contributed by atoms with Crippen LogP contribution in [0.5, 0.6) is 0 Å². The first kappa shape index (κ1) is 15.3. The van der Waals surface area contributed by atoms with Crippen molar-refractivity contribution in [2.24, 2.45) is 0 Å². The zero-order valence-corrected chi connectivity index (χ0v) is 15.6. The van der Waals surface area contributed by atoms with Crippen LogP contribution in [0.4, 0.5) is 0 Å². The van der Waals surface area contributed by atoms with Gasteiger partial charge >= 0.3 is 157 Å². The molecule has 0 unspecified atom stereocenters. The maximum absolute atomic E-state index is 4.52. The Balaban J connectivity index is 1.86. The van der Waals surface area contributed by atoms with Crippen molar-refractivity contribution in [1.29, 1.82) is 0 Å². The molecule has 0 radical (unpaired) electrons. The van der Waals surface area contributed by atoms with Crippen molar-refractivity contribution in [3.63, 3.8) is 0 Å². The molecule has 2 aromatic heterocycles. The average molecular weight is 400 g/mol. The third kappa shape index (κ3) is 2.51. The summed E-state index contributed by atoms with van der Waals surface area (Å²) in [6, 6.07) is 31.5. The monoisotopic (exact) mass is 401 g/mol. The normalized spacial score (nSPS) is 11.1. The van der Waals surface area contributed by atoms with Crippen LogP contribution in [0.2, 0.25) is 0 Å². The van der Waals surface area contributed by atoms with E-state index in [1.54, 1.807) is 0 Å². The zero-order valence-electron chi connectivity index (χ0n) is 13.9. The van der Waals surface area contributed by atoms with Crippen LogP contribution in [-0.2, 0) is 0 Å². The Bertz CT molecular complexity index is 1160. The molecule has 0 saturated heterocycles. The standard InChI is InChI=1S/C22H15N3Se/c1-4-10-16(11-5-1)19-20(17-12-6-2-7-13-17)26-22-24-23-21(25(19)22)18-14-8-3-9-15-18/h1-15H. The number of fused-ring (bicyclic) bond motifs is 1. The van der Waals surface area contributed by atoms with Crippen LogP contribution in [0.15, 0.2) is 91.0 Å². The molecule has 0 spiro atoms. The van der Waals surface area contributed by atoms with Gasteiger partial charge in [0.1, 0.15) is 0 Å². The van der Waals surface area contributed by atoms with E-state index in [4.69, 9.17) is 0 Å². The SMILES string of the molecule is c1ccc(-c2[se]c3nnc(-c4ccccc4)n3c2-c2ccccc2)cc1. The predicted molar refractivity (Wildman–Crippen MR) is 106 cm³/mol. The molecule has 124 valence electrons. The average Bonchev–Trinajstić information content (AvgIpc) is 3.29. The molecule has 0 aliphatic rings. The van der Waals surface area contributed by atoms with Crippen LogP contribution in [0.25, 0.3) is 37.2 Å². The molecule has 3 aromatic carbocycles. The van der Waals surface area contributed by atoms with Gasteiger partial charge in [0.15, 0.2) is 0 Å². The summed E-state index contributed by atoms with van der Waals surface area (Å²) in [6.45, 7) is 0. The van der Waals surface area contributed by atoms with Crippen LogP contribution in [0, 0.1) is 0 Å². The topological polar surface area (TPSA) is 30.2 Å². The molecule has 0 saturated carbocycles. The first-order chi connectivity index (χ1) is 12.9. The fourth-order valence-corrected chi connectivity index (χ4v) is 5.49. The first-order valence-electron chi connectivity index (χ1n) is 8.46. The van der Waals surface area contributed by atoms with E-state index in [0.717, 1.165) is 15.9 Å². The summed E-state index contributed by atoms with van der Waals surface area (Å²) in [5, 5.41) is 9.03. The molecule has 26 heavy (non-hydrogen) atoms. The van der Waals surface area contributed by atoms with E-state index in [9.17, 15) is 0 Å². The molecular formula is C22H15N3Se. The molecule has 0 aliphatic heterocycles. The number of nitrogens with zero attached hydrogens (tertiary/aromatic N) is 3. The molecule has 0 amide bonds. The third-order valence-electron chi connectivity index (χ3n) is 4.38. The van der Waals surface area contributed by atoms with E-state index in [1.807, 2.05) is 18.2 Å². The summed E-state index contributed by atoms with van der Waals surface area (Å²) in [5.41, 5.74) is 4.75. The van der Waals surface area contributed by atoms with E-state index < -0.39 is 0 Å². The van der Waals surface area contributed by atoms with E-state index in [-0.39, 0.29) is 14.5 Å². The van der Waals surface area contributed by atoms with Gasteiger partial charge in [-0.25, -0.2) is 0 Å². The van der Waals surface area contributed by atoms with E-state index in [2.05, 4.69) is 87.4 Å². The summed E-state index contributed by atoms with van der Waals surface area (Å²) in [7, 11) is 0. The van der Waals surface area contributed by atoms with Gasteiger partial charge in [-0.05, 0) is 0 Å². The predicted octanol–water partition coefficient (Wildman–Crippen LogP) is 4.79. The van der Waals surface area contributed by atoms with Gasteiger partial charge in [0.25, 0.3) is 0 Å². The van der Waals surface area contributed by atoms with Crippen LogP contribution < -0.4 is 0 Å². The van der Waals surface area contributed by atoms with Gasteiger partial charge in [0, 0.05) is 0 Å². The summed E-state index contributed by atoms with van der Waals surface area (Å²) in [6.07, 6.45) is 0. The van der Waals surface area contributed by atoms with Crippen molar-refractivity contribution in [3.05, 3.63) is 91.0 Å². The first-order valence-corrected chi connectivity index (χ1v) is 10.2. The Hall–Kier alpha value is -2.94. The van der Waals surface area contributed by atoms with Crippen LogP contribution in [-0.4, -0.2) is 29.1 Å². The molecule has 0 bridgehead atoms. The zero-order chi connectivity index (χ0) is 17.3. The van der Waals surface area contributed by atoms with E-state index in [1.165, 1.54) is 21.3 Å². The molecular weight excluding hydrogens is 385 g/mol. The van der Waals surface area contributed by atoms with E-state index >= 15 is 0 Å². The van der Waals surface area contributed by atoms with Crippen molar-refractivity contribution in [2.75, 3.05) is 0 Å². The van der Waals surface area contributed by atoms with Crippen LogP contribution in [0.1, 0.15) is 0 Å². The summed E-state index contributed by atoms with van der Waals surface area (Å²) >= 11 is 0.118. The van der Waals surface area contributed by atoms with Crippen molar-refractivity contribution in [1.82, 2.24) is 14.6 Å². The van der Waals surface area contributed by atoms with Gasteiger partial charge in [-0.2, -0.15) is 0 Å². The number of hydrogen-bond donors (Lipinski definition) is 0. The van der Waals surface area contributed by atoms with Gasteiger partial charge in [-0.1, -0.05) is 0 Å². The third-order valence-corrected chi connectivity index (χ3v) is 6.65. The second-order valence-corrected chi connectivity index (χ2v) is 8.07. The molecule has 0 atom stereocenters. The van der Waals surface area contributed by atoms with Crippen molar-refractivity contribution in [2.45, 2.75) is 0 Å². The Morgan fingerprint density at radius 1 is 0.577 bits per heavy atom. The minimum atomic E-state index is 0.118. The molecule has 5 rings (SSSR count). The van der Waals surface area contributed by atoms with Gasteiger partial charge in [0.05, 0.1) is 0 Å². The quantitative estimate of drug-likeness (QED) is 0.408. The van der Waals surface area contributed by atoms with Crippen LogP contribution in [0.3, 0.4) is 0 Å². The molecule has 0 aliphatic carbocycles. The fraction of sp³-hybridized carbons (Fsp3) is 0. The second-order valence-electron chi connectivity index (χ2n) is 6.02. The Morgan fingerprint density at radius 2 is 1.12 bits per heavy atom. The van der Waals surface area contributed by atoms with Crippen molar-refractivity contribution >= 4 is 19.0 Å². The van der Waals surface area contributed by atoms with Gasteiger partial charge < -0.3 is 0 Å². The Morgan fingerprint density at radius 3 is 1.73 bits per heavy atom. The van der Waals surface area contributed by atoms with Gasteiger partial charge in [0.2, 0.25) is 0 Å². The van der Waals surface area contributed by atoms with Crippen LogP contribution >= 0.6 is 0 Å². The Kier molecular flexibility index (Phi) is 3.78. The molecule has 3 nitrogen and oxygen atoms in total. The van der Waals surface area contributed by atoms with Gasteiger partial charge in [-0.15, -0.1) is 0 Å². The van der Waals surface area contributed by atoms with Gasteiger partial charge in [-0.3, -0.25) is 0 Å². The molecule has 2 heterocycles. The maximum atomic E-state index is 4.52. The molecule has 5 aromatic rings. The van der Waals surface area contributed by atoms with Crippen molar-refractivity contribution in [3.8, 4) is 32.6 Å².